The van der Waals surface area contributed by atoms with Gasteiger partial charge in [0.25, 0.3) is 5.91 Å². The average molecular weight is 416 g/mol. The fourth-order valence-electron chi connectivity index (χ4n) is 3.72. The van der Waals surface area contributed by atoms with Crippen LogP contribution in [0.3, 0.4) is 0 Å². The zero-order valence-corrected chi connectivity index (χ0v) is 18.4. The largest absolute Gasteiger partial charge is 0.497 e. The number of ether oxygens (including phenoxy) is 1. The summed E-state index contributed by atoms with van der Waals surface area (Å²) in [6.45, 7) is 5.31. The van der Waals surface area contributed by atoms with Crippen LogP contribution in [0.5, 0.6) is 5.75 Å². The van der Waals surface area contributed by atoms with E-state index in [9.17, 15) is 9.59 Å². The second kappa shape index (κ2) is 10.6. The molecule has 0 aromatic heterocycles. The molecule has 4 rings (SSSR count). The van der Waals surface area contributed by atoms with Crippen molar-refractivity contribution in [3.05, 3.63) is 101 Å². The minimum absolute atomic E-state index is 0.0560. The molecule has 4 heteroatoms. The van der Waals surface area contributed by atoms with Crippen molar-refractivity contribution in [3.63, 3.8) is 0 Å². The van der Waals surface area contributed by atoms with E-state index in [0.29, 0.717) is 25.1 Å². The van der Waals surface area contributed by atoms with E-state index < -0.39 is 0 Å². The molecule has 0 N–H and O–H groups in total. The van der Waals surface area contributed by atoms with Gasteiger partial charge in [-0.2, -0.15) is 0 Å². The zero-order valence-electron chi connectivity index (χ0n) is 18.4. The summed E-state index contributed by atoms with van der Waals surface area (Å²) < 4.78 is 5.14. The Bertz CT molecular complexity index is 1030. The van der Waals surface area contributed by atoms with Crippen molar-refractivity contribution >= 4 is 11.7 Å². The van der Waals surface area contributed by atoms with Crippen LogP contribution >= 0.6 is 0 Å². The van der Waals surface area contributed by atoms with Gasteiger partial charge < -0.3 is 9.64 Å². The van der Waals surface area contributed by atoms with Crippen molar-refractivity contribution in [2.45, 2.75) is 33.2 Å². The van der Waals surface area contributed by atoms with Crippen LogP contribution in [0.2, 0.25) is 0 Å². The fourth-order valence-corrected chi connectivity index (χ4v) is 3.72. The van der Waals surface area contributed by atoms with Gasteiger partial charge in [-0.25, -0.2) is 0 Å². The van der Waals surface area contributed by atoms with Crippen molar-refractivity contribution in [2.24, 2.45) is 0 Å². The lowest BCUT2D eigenvalue weighted by atomic mass is 9.94. The van der Waals surface area contributed by atoms with Gasteiger partial charge in [0.05, 0.1) is 7.11 Å². The van der Waals surface area contributed by atoms with E-state index in [1.165, 1.54) is 0 Å². The Labute approximate surface area is 184 Å². The molecule has 160 valence electrons. The molecule has 4 nitrogen and oxygen atoms in total. The standard InChI is InChI=1S/C25H23NO3.C2H6/c1-29-22-10-8-20(9-11-22)24(27)16-19-7-12-23-21(15-19)13-14-26(25(23)28)17-18-5-3-2-4-6-18;1-2/h2-12,15H,13-14,16-17H2,1H3;1-2H3. The number of amides is 1. The predicted molar refractivity (Wildman–Crippen MR) is 124 cm³/mol. The molecule has 0 spiro atoms. The molecule has 1 aliphatic rings. The van der Waals surface area contributed by atoms with Crippen LogP contribution in [0, 0.1) is 0 Å². The van der Waals surface area contributed by atoms with E-state index in [1.807, 2.05) is 67.3 Å². The number of fused-ring (bicyclic) bond motifs is 1. The topological polar surface area (TPSA) is 46.6 Å². The van der Waals surface area contributed by atoms with Crippen LogP contribution in [-0.2, 0) is 19.4 Å². The zero-order chi connectivity index (χ0) is 22.2. The third-order valence-corrected chi connectivity index (χ3v) is 5.33. The van der Waals surface area contributed by atoms with Crippen LogP contribution in [0.4, 0.5) is 0 Å². The molecule has 0 aliphatic carbocycles. The molecule has 3 aromatic rings. The van der Waals surface area contributed by atoms with Gasteiger partial charge in [0.15, 0.2) is 5.78 Å². The molecule has 0 fully saturated rings. The summed E-state index contributed by atoms with van der Waals surface area (Å²) in [7, 11) is 1.60. The van der Waals surface area contributed by atoms with Crippen LogP contribution < -0.4 is 4.74 Å². The summed E-state index contributed by atoms with van der Waals surface area (Å²) in [6.07, 6.45) is 1.13. The maximum Gasteiger partial charge on any atom is 0.254 e. The normalized spacial score (nSPS) is 12.5. The first kappa shape index (κ1) is 22.3. The number of carbonyl (C=O) groups excluding carboxylic acids is 2. The second-order valence-corrected chi connectivity index (χ2v) is 7.28. The van der Waals surface area contributed by atoms with Crippen LogP contribution in [0.25, 0.3) is 0 Å². The quantitative estimate of drug-likeness (QED) is 0.510. The van der Waals surface area contributed by atoms with Crippen LogP contribution in [0.15, 0.2) is 72.8 Å². The predicted octanol–water partition coefficient (Wildman–Crippen LogP) is 5.35. The highest BCUT2D eigenvalue weighted by atomic mass is 16.5. The molecule has 0 bridgehead atoms. The van der Waals surface area contributed by atoms with E-state index in [1.54, 1.807) is 31.4 Å². The van der Waals surface area contributed by atoms with Crippen LogP contribution in [0.1, 0.15) is 51.3 Å². The molecule has 0 saturated carbocycles. The lowest BCUT2D eigenvalue weighted by Gasteiger charge is -2.29. The van der Waals surface area contributed by atoms with E-state index in [2.05, 4.69) is 0 Å². The number of ketones is 1. The number of carbonyl (C=O) groups is 2. The molecule has 0 radical (unpaired) electrons. The minimum atomic E-state index is 0.0560. The van der Waals surface area contributed by atoms with Crippen molar-refractivity contribution in [3.8, 4) is 5.75 Å². The second-order valence-electron chi connectivity index (χ2n) is 7.28. The maximum absolute atomic E-state index is 12.9. The highest BCUT2D eigenvalue weighted by Crippen LogP contribution is 2.23. The Morgan fingerprint density at radius 2 is 1.65 bits per heavy atom. The lowest BCUT2D eigenvalue weighted by Crippen LogP contribution is -2.37. The highest BCUT2D eigenvalue weighted by Gasteiger charge is 2.24. The van der Waals surface area contributed by atoms with Gasteiger partial charge in [0, 0.05) is 30.6 Å². The molecular weight excluding hydrogens is 386 g/mol. The highest BCUT2D eigenvalue weighted by molar-refractivity contribution is 5.99. The molecular formula is C27H29NO3. The van der Waals surface area contributed by atoms with E-state index in [4.69, 9.17) is 4.74 Å². The van der Waals surface area contributed by atoms with Crippen molar-refractivity contribution < 1.29 is 14.3 Å². The third kappa shape index (κ3) is 5.40. The fraction of sp³-hybridized carbons (Fsp3) is 0.259. The monoisotopic (exact) mass is 415 g/mol. The number of methoxy groups -OCH3 is 1. The summed E-state index contributed by atoms with van der Waals surface area (Å²) >= 11 is 0. The molecule has 3 aromatic carbocycles. The number of benzene rings is 3. The molecule has 0 saturated heterocycles. The van der Waals surface area contributed by atoms with Crippen molar-refractivity contribution in [1.82, 2.24) is 4.90 Å². The van der Waals surface area contributed by atoms with Gasteiger partial charge in [0.2, 0.25) is 0 Å². The number of rotatable bonds is 6. The molecule has 1 amide bonds. The first-order valence-corrected chi connectivity index (χ1v) is 10.8. The van der Waals surface area contributed by atoms with E-state index in [-0.39, 0.29) is 11.7 Å². The van der Waals surface area contributed by atoms with Gasteiger partial charge in [-0.1, -0.05) is 56.3 Å². The van der Waals surface area contributed by atoms with Gasteiger partial charge in [-0.15, -0.1) is 0 Å². The summed E-state index contributed by atoms with van der Waals surface area (Å²) in [6, 6.07) is 23.0. The average Bonchev–Trinajstić information content (AvgIpc) is 2.83. The summed E-state index contributed by atoms with van der Waals surface area (Å²) in [4.78, 5) is 27.4. The number of nitrogens with zero attached hydrogens (tertiary/aromatic N) is 1. The summed E-state index contributed by atoms with van der Waals surface area (Å²) in [5.74, 6) is 0.845. The van der Waals surface area contributed by atoms with Crippen molar-refractivity contribution in [2.75, 3.05) is 13.7 Å². The van der Waals surface area contributed by atoms with Gasteiger partial charge in [0.1, 0.15) is 5.75 Å². The molecule has 0 atom stereocenters. The van der Waals surface area contributed by atoms with Crippen molar-refractivity contribution in [1.29, 1.82) is 0 Å². The molecule has 31 heavy (non-hydrogen) atoms. The van der Waals surface area contributed by atoms with Gasteiger partial charge in [-0.05, 0) is 53.4 Å². The molecule has 1 aliphatic heterocycles. The Hall–Kier alpha value is -3.40. The summed E-state index contributed by atoms with van der Waals surface area (Å²) in [5.41, 5.74) is 4.50. The summed E-state index contributed by atoms with van der Waals surface area (Å²) in [5, 5.41) is 0. The Kier molecular flexibility index (Phi) is 7.60. The van der Waals surface area contributed by atoms with Gasteiger partial charge in [-0.3, -0.25) is 9.59 Å². The van der Waals surface area contributed by atoms with Crippen LogP contribution in [-0.4, -0.2) is 30.2 Å². The maximum atomic E-state index is 12.9. The lowest BCUT2D eigenvalue weighted by molar-refractivity contribution is 0.0727. The number of hydrogen-bond acceptors (Lipinski definition) is 3. The Morgan fingerprint density at radius 3 is 2.32 bits per heavy atom. The van der Waals surface area contributed by atoms with E-state index >= 15 is 0 Å². The minimum Gasteiger partial charge on any atom is -0.497 e. The SMILES string of the molecule is CC.COc1ccc(C(=O)Cc2ccc3c(c2)CCN(Cc2ccccc2)C3=O)cc1. The molecule has 1 heterocycles. The number of hydrogen-bond donors (Lipinski definition) is 0. The first-order valence-electron chi connectivity index (χ1n) is 10.8. The molecule has 0 unspecified atom stereocenters. The van der Waals surface area contributed by atoms with Gasteiger partial charge >= 0.3 is 0 Å². The first-order chi connectivity index (χ1) is 15.1. The Balaban J connectivity index is 0.00000132. The smallest absolute Gasteiger partial charge is 0.254 e. The third-order valence-electron chi connectivity index (χ3n) is 5.33. The van der Waals surface area contributed by atoms with E-state index in [0.717, 1.165) is 34.4 Å². The number of Topliss-reactive ketones (excluding diaryl/α,β-unsaturated/α-hetero) is 1. The Morgan fingerprint density at radius 1 is 0.935 bits per heavy atom.